The van der Waals surface area contributed by atoms with E-state index in [2.05, 4.69) is 0 Å². The molecule has 0 aliphatic carbocycles. The maximum atomic E-state index is 12.6. The molecular formula is C11H17N3O3S2. The lowest BCUT2D eigenvalue weighted by Gasteiger charge is -2.32. The number of hydrogen-bond acceptors (Lipinski definition) is 5. The third-order valence-corrected chi connectivity index (χ3v) is 6.39. The van der Waals surface area contributed by atoms with E-state index in [9.17, 15) is 13.2 Å². The summed E-state index contributed by atoms with van der Waals surface area (Å²) in [6.07, 6.45) is 2.74. The Morgan fingerprint density at radius 3 is 2.89 bits per heavy atom. The van der Waals surface area contributed by atoms with Gasteiger partial charge in [-0.2, -0.15) is 4.31 Å². The predicted molar refractivity (Wildman–Crippen MR) is 73.2 cm³/mol. The minimum absolute atomic E-state index is 0.0348. The highest BCUT2D eigenvalue weighted by Crippen LogP contribution is 2.29. The number of rotatable bonds is 3. The van der Waals surface area contributed by atoms with Gasteiger partial charge in [0.15, 0.2) is 0 Å². The first-order valence-corrected chi connectivity index (χ1v) is 8.40. The fourth-order valence-corrected chi connectivity index (χ4v) is 5.29. The van der Waals surface area contributed by atoms with E-state index in [0.29, 0.717) is 6.54 Å². The highest BCUT2D eigenvalue weighted by atomic mass is 32.2. The molecule has 1 amide bonds. The number of nitrogens with one attached hydrogen (secondary N) is 1. The fraction of sp³-hybridized carbons (Fsp3) is 0.545. The van der Waals surface area contributed by atoms with E-state index in [1.807, 2.05) is 12.3 Å². The molecule has 1 aromatic heterocycles. The normalized spacial score (nSPS) is 21.3. The summed E-state index contributed by atoms with van der Waals surface area (Å²) < 4.78 is 26.7. The van der Waals surface area contributed by atoms with Gasteiger partial charge in [-0.15, -0.1) is 11.3 Å². The van der Waals surface area contributed by atoms with Crippen LogP contribution in [-0.2, 0) is 10.0 Å². The van der Waals surface area contributed by atoms with Crippen LogP contribution in [0, 0.1) is 0 Å². The van der Waals surface area contributed by atoms with Crippen LogP contribution in [0.5, 0.6) is 0 Å². The number of amides is 1. The molecule has 2 heterocycles. The van der Waals surface area contributed by atoms with E-state index < -0.39 is 15.9 Å². The molecule has 1 aromatic rings. The Balaban J connectivity index is 2.39. The number of thiophene rings is 1. The molecule has 1 saturated heterocycles. The third-order valence-electron chi connectivity index (χ3n) is 3.30. The number of hydrogen-bond donors (Lipinski definition) is 2. The quantitative estimate of drug-likeness (QED) is 0.493. The van der Waals surface area contributed by atoms with Crippen molar-refractivity contribution in [3.8, 4) is 0 Å². The number of nitrogens with two attached hydrogens (primary N) is 1. The molecule has 106 valence electrons. The summed E-state index contributed by atoms with van der Waals surface area (Å²) in [5.74, 6) is 4.51. The summed E-state index contributed by atoms with van der Waals surface area (Å²) in [6, 6.07) is 1.43. The Kier molecular flexibility index (Phi) is 4.24. The average Bonchev–Trinajstić information content (AvgIpc) is 2.88. The van der Waals surface area contributed by atoms with Gasteiger partial charge in [-0.05, 0) is 31.2 Å². The highest BCUT2D eigenvalue weighted by Gasteiger charge is 2.34. The molecular weight excluding hydrogens is 286 g/mol. The van der Waals surface area contributed by atoms with Gasteiger partial charge in [0.1, 0.15) is 9.77 Å². The van der Waals surface area contributed by atoms with Gasteiger partial charge < -0.3 is 0 Å². The van der Waals surface area contributed by atoms with Gasteiger partial charge in [0, 0.05) is 12.6 Å². The second kappa shape index (κ2) is 5.58. The Morgan fingerprint density at radius 1 is 1.53 bits per heavy atom. The number of hydrazine groups is 1. The van der Waals surface area contributed by atoms with E-state index in [-0.39, 0.29) is 15.8 Å². The largest absolute Gasteiger partial charge is 0.289 e. The van der Waals surface area contributed by atoms with Gasteiger partial charge in [-0.25, -0.2) is 14.3 Å². The maximum absolute atomic E-state index is 12.6. The van der Waals surface area contributed by atoms with E-state index in [1.165, 1.54) is 10.4 Å². The molecule has 0 unspecified atom stereocenters. The Hall–Kier alpha value is -0.960. The first-order valence-electron chi connectivity index (χ1n) is 6.08. The molecule has 0 saturated carbocycles. The van der Waals surface area contributed by atoms with Crippen molar-refractivity contribution in [2.45, 2.75) is 37.1 Å². The number of nitrogens with zero attached hydrogens (tertiary/aromatic N) is 1. The van der Waals surface area contributed by atoms with Crippen LogP contribution < -0.4 is 11.3 Å². The van der Waals surface area contributed by atoms with Gasteiger partial charge in [-0.1, -0.05) is 6.42 Å². The second-order valence-electron chi connectivity index (χ2n) is 4.55. The van der Waals surface area contributed by atoms with Crippen LogP contribution in [0.25, 0.3) is 0 Å². The predicted octanol–water partition coefficient (Wildman–Crippen LogP) is 0.915. The van der Waals surface area contributed by atoms with Crippen molar-refractivity contribution in [1.82, 2.24) is 9.73 Å². The number of carbonyl (C=O) groups excluding carboxylic acids is 1. The molecule has 1 atom stereocenters. The monoisotopic (exact) mass is 303 g/mol. The molecule has 8 heteroatoms. The lowest BCUT2D eigenvalue weighted by Crippen LogP contribution is -2.42. The first kappa shape index (κ1) is 14.4. The lowest BCUT2D eigenvalue weighted by atomic mass is 10.1. The van der Waals surface area contributed by atoms with Gasteiger partial charge in [0.05, 0.1) is 0 Å². The van der Waals surface area contributed by atoms with Gasteiger partial charge in [0.25, 0.3) is 5.91 Å². The van der Waals surface area contributed by atoms with E-state index in [1.54, 1.807) is 5.38 Å². The third kappa shape index (κ3) is 2.66. The zero-order chi connectivity index (χ0) is 14.0. The summed E-state index contributed by atoms with van der Waals surface area (Å²) in [5.41, 5.74) is 1.98. The van der Waals surface area contributed by atoms with Gasteiger partial charge >= 0.3 is 0 Å². The van der Waals surface area contributed by atoms with Gasteiger partial charge in [0.2, 0.25) is 10.0 Å². The lowest BCUT2D eigenvalue weighted by molar-refractivity contribution is 0.0954. The minimum atomic E-state index is -3.63. The summed E-state index contributed by atoms with van der Waals surface area (Å²) >= 11 is 1.08. The zero-order valence-corrected chi connectivity index (χ0v) is 12.3. The molecule has 19 heavy (non-hydrogen) atoms. The zero-order valence-electron chi connectivity index (χ0n) is 10.6. The smallest absolute Gasteiger partial charge is 0.276 e. The van der Waals surface area contributed by atoms with Crippen LogP contribution in [0.2, 0.25) is 0 Å². The molecule has 1 aliphatic heterocycles. The van der Waals surface area contributed by atoms with Crippen molar-refractivity contribution >= 4 is 27.3 Å². The van der Waals surface area contributed by atoms with E-state index >= 15 is 0 Å². The van der Waals surface area contributed by atoms with E-state index in [0.717, 1.165) is 30.6 Å². The van der Waals surface area contributed by atoms with Crippen LogP contribution >= 0.6 is 11.3 Å². The molecule has 1 fully saturated rings. The summed E-state index contributed by atoms with van der Waals surface area (Å²) in [6.45, 7) is 2.40. The molecule has 2 rings (SSSR count). The molecule has 1 aliphatic rings. The van der Waals surface area contributed by atoms with Crippen molar-refractivity contribution in [3.05, 3.63) is 16.3 Å². The number of sulfonamides is 1. The molecule has 0 radical (unpaired) electrons. The fourth-order valence-electron chi connectivity index (χ4n) is 2.29. The van der Waals surface area contributed by atoms with Crippen molar-refractivity contribution in [1.29, 1.82) is 0 Å². The first-order chi connectivity index (χ1) is 8.98. The molecule has 6 nitrogen and oxygen atoms in total. The van der Waals surface area contributed by atoms with Crippen LogP contribution in [0.4, 0.5) is 0 Å². The van der Waals surface area contributed by atoms with E-state index in [4.69, 9.17) is 5.84 Å². The summed E-state index contributed by atoms with van der Waals surface area (Å²) in [7, 11) is -3.63. The number of carbonyl (C=O) groups is 1. The van der Waals surface area contributed by atoms with Crippen LogP contribution in [0.15, 0.2) is 16.3 Å². The number of nitrogen functional groups attached to an aromatic ring is 1. The summed E-state index contributed by atoms with van der Waals surface area (Å²) in [5, 5.41) is 1.59. The van der Waals surface area contributed by atoms with Crippen molar-refractivity contribution in [2.24, 2.45) is 5.84 Å². The average molecular weight is 303 g/mol. The Morgan fingerprint density at radius 2 is 2.26 bits per heavy atom. The van der Waals surface area contributed by atoms with Crippen LogP contribution in [0.3, 0.4) is 0 Å². The standard InChI is InChI=1S/C11H17N3O3S2/c1-8-4-2-3-6-14(8)19(16,17)9-5-7-18-10(9)11(15)13-12/h5,7-8H,2-4,6,12H2,1H3,(H,13,15)/t8-/m1/s1. The molecule has 0 spiro atoms. The SMILES string of the molecule is C[C@@H]1CCCCN1S(=O)(=O)c1ccsc1C(=O)NN. The highest BCUT2D eigenvalue weighted by molar-refractivity contribution is 7.89. The van der Waals surface area contributed by atoms with Crippen LogP contribution in [-0.4, -0.2) is 31.2 Å². The minimum Gasteiger partial charge on any atom is -0.289 e. The Bertz CT molecular complexity index is 567. The van der Waals surface area contributed by atoms with Crippen LogP contribution in [0.1, 0.15) is 35.9 Å². The second-order valence-corrected chi connectivity index (χ2v) is 7.32. The molecule has 0 aromatic carbocycles. The number of piperidine rings is 1. The molecule has 3 N–H and O–H groups in total. The van der Waals surface area contributed by atoms with Crippen molar-refractivity contribution in [2.75, 3.05) is 6.54 Å². The molecule has 0 bridgehead atoms. The Labute approximate surface area is 116 Å². The maximum Gasteiger partial charge on any atom is 0.276 e. The van der Waals surface area contributed by atoms with Gasteiger partial charge in [-0.3, -0.25) is 10.2 Å². The topological polar surface area (TPSA) is 92.5 Å². The van der Waals surface area contributed by atoms with Crippen molar-refractivity contribution < 1.29 is 13.2 Å². The van der Waals surface area contributed by atoms with Crippen molar-refractivity contribution in [3.63, 3.8) is 0 Å². The summed E-state index contributed by atoms with van der Waals surface area (Å²) in [4.78, 5) is 11.8.